The molecule has 3 aromatic carbocycles. The molecule has 0 bridgehead atoms. The Hall–Kier alpha value is -4.77. The van der Waals surface area contributed by atoms with Crippen molar-refractivity contribution in [3.8, 4) is 0 Å². The van der Waals surface area contributed by atoms with Crippen LogP contribution in [0.2, 0.25) is 5.02 Å². The second-order valence-electron chi connectivity index (χ2n) is 11.6. The third-order valence-corrected chi connectivity index (χ3v) is 8.63. The minimum atomic E-state index is -1.80. The van der Waals surface area contributed by atoms with Gasteiger partial charge in [-0.1, -0.05) is 66.2 Å². The van der Waals surface area contributed by atoms with E-state index >= 15 is 0 Å². The van der Waals surface area contributed by atoms with Gasteiger partial charge in [-0.2, -0.15) is 0 Å². The highest BCUT2D eigenvalue weighted by Gasteiger charge is 2.52. The number of nitrogens with zero attached hydrogens (tertiary/aromatic N) is 4. The molecule has 1 aliphatic rings. The molecule has 10 nitrogen and oxygen atoms in total. The quantitative estimate of drug-likeness (QED) is 0.140. The van der Waals surface area contributed by atoms with Crippen molar-refractivity contribution in [3.63, 3.8) is 0 Å². The molecule has 2 amide bonds. The molecular weight excluding hydrogens is 604 g/mol. The number of aliphatic hydroxyl groups excluding tert-OH is 1. The zero-order chi connectivity index (χ0) is 32.3. The normalized spacial score (nSPS) is 16.8. The molecular formula is C35H35ClN6O4. The molecule has 2 aromatic heterocycles. The average Bonchev–Trinajstić information content (AvgIpc) is 3.73. The van der Waals surface area contributed by atoms with Crippen LogP contribution >= 0.6 is 11.6 Å². The van der Waals surface area contributed by atoms with Gasteiger partial charge in [-0.25, -0.2) is 0 Å². The van der Waals surface area contributed by atoms with Crippen LogP contribution in [0.3, 0.4) is 0 Å². The second-order valence-corrected chi connectivity index (χ2v) is 12.0. The number of halogens is 1. The van der Waals surface area contributed by atoms with Crippen molar-refractivity contribution in [1.82, 2.24) is 20.0 Å². The Morgan fingerprint density at radius 1 is 1.15 bits per heavy atom. The molecule has 236 valence electrons. The fourth-order valence-electron chi connectivity index (χ4n) is 5.93. The van der Waals surface area contributed by atoms with Crippen LogP contribution in [0.1, 0.15) is 35.7 Å². The number of aryl methyl sites for hydroxylation is 1. The van der Waals surface area contributed by atoms with E-state index in [1.165, 1.54) is 0 Å². The van der Waals surface area contributed by atoms with Gasteiger partial charge in [0.25, 0.3) is 5.91 Å². The average molecular weight is 639 g/mol. The smallest absolute Gasteiger partial charge is 0.264 e. The van der Waals surface area contributed by atoms with Crippen molar-refractivity contribution in [2.24, 2.45) is 5.92 Å². The maximum absolute atomic E-state index is 13.9. The summed E-state index contributed by atoms with van der Waals surface area (Å²) < 4.78 is 1.70. The van der Waals surface area contributed by atoms with Crippen LogP contribution in [-0.2, 0) is 41.1 Å². The lowest BCUT2D eigenvalue weighted by atomic mass is 9.83. The summed E-state index contributed by atoms with van der Waals surface area (Å²) in [4.78, 5) is 31.5. The van der Waals surface area contributed by atoms with Gasteiger partial charge in [0.05, 0.1) is 24.3 Å². The summed E-state index contributed by atoms with van der Waals surface area (Å²) in [6.45, 7) is 2.63. The van der Waals surface area contributed by atoms with E-state index in [4.69, 9.17) is 16.7 Å². The Balaban J connectivity index is 1.12. The summed E-state index contributed by atoms with van der Waals surface area (Å²) in [6, 6.07) is 20.3. The molecule has 0 saturated carbocycles. The number of rotatable bonds is 12. The SMILES string of the molecule is C[C@H](/C=C/CCn1cc(CCO)nn1)[C@@]1(O)C(=O)N(Cc2ccc(NC(=O)Cc3c[nH]c4ccccc34)cc2)c2ccc(Cl)cc21. The van der Waals surface area contributed by atoms with Crippen molar-refractivity contribution >= 4 is 45.7 Å². The van der Waals surface area contributed by atoms with Crippen LogP contribution in [0.5, 0.6) is 0 Å². The van der Waals surface area contributed by atoms with Gasteiger partial charge in [0.15, 0.2) is 5.60 Å². The number of hydrogen-bond acceptors (Lipinski definition) is 6. The Labute approximate surface area is 271 Å². The fraction of sp³-hybridized carbons (Fsp3) is 0.257. The maximum Gasteiger partial charge on any atom is 0.264 e. The first-order valence-corrected chi connectivity index (χ1v) is 15.6. The number of benzene rings is 3. The second kappa shape index (κ2) is 13.3. The summed E-state index contributed by atoms with van der Waals surface area (Å²) in [7, 11) is 0. The van der Waals surface area contributed by atoms with E-state index < -0.39 is 17.4 Å². The fourth-order valence-corrected chi connectivity index (χ4v) is 6.10. The topological polar surface area (TPSA) is 136 Å². The van der Waals surface area contributed by atoms with Crippen LogP contribution in [-0.4, -0.2) is 48.6 Å². The molecule has 0 unspecified atom stereocenters. The van der Waals surface area contributed by atoms with Crippen LogP contribution in [0.25, 0.3) is 10.9 Å². The monoisotopic (exact) mass is 638 g/mol. The number of H-pyrrole nitrogens is 1. The lowest BCUT2D eigenvalue weighted by Gasteiger charge is -2.27. The number of allylic oxidation sites excluding steroid dienone is 1. The summed E-state index contributed by atoms with van der Waals surface area (Å²) in [5, 5.41) is 33.5. The van der Waals surface area contributed by atoms with E-state index in [0.717, 1.165) is 27.7 Å². The highest BCUT2D eigenvalue weighted by Crippen LogP contribution is 2.46. The molecule has 46 heavy (non-hydrogen) atoms. The Bertz CT molecular complexity index is 1900. The van der Waals surface area contributed by atoms with Crippen LogP contribution in [0.4, 0.5) is 11.4 Å². The van der Waals surface area contributed by atoms with E-state index in [1.807, 2.05) is 73.8 Å². The van der Waals surface area contributed by atoms with Gasteiger partial charge in [-0.15, -0.1) is 5.10 Å². The van der Waals surface area contributed by atoms with Crippen LogP contribution in [0.15, 0.2) is 91.3 Å². The van der Waals surface area contributed by atoms with Crippen molar-refractivity contribution in [2.45, 2.75) is 44.9 Å². The van der Waals surface area contributed by atoms with Gasteiger partial charge in [0, 0.05) is 65.1 Å². The first kappa shape index (κ1) is 31.2. The van der Waals surface area contributed by atoms with Crippen molar-refractivity contribution < 1.29 is 19.8 Å². The molecule has 11 heteroatoms. The van der Waals surface area contributed by atoms with Crippen molar-refractivity contribution in [1.29, 1.82) is 0 Å². The van der Waals surface area contributed by atoms with Gasteiger partial charge in [-0.3, -0.25) is 14.3 Å². The number of hydrogen-bond donors (Lipinski definition) is 4. The summed E-state index contributed by atoms with van der Waals surface area (Å²) in [5.41, 5.74) is 3.40. The van der Waals surface area contributed by atoms with Gasteiger partial charge in [0.1, 0.15) is 0 Å². The molecule has 3 heterocycles. The van der Waals surface area contributed by atoms with E-state index in [9.17, 15) is 14.7 Å². The Morgan fingerprint density at radius 3 is 2.76 bits per heavy atom. The molecule has 6 rings (SSSR count). The molecule has 0 aliphatic carbocycles. The molecule has 1 aliphatic heterocycles. The van der Waals surface area contributed by atoms with E-state index in [1.54, 1.807) is 34.0 Å². The number of nitrogens with one attached hydrogen (secondary N) is 2. The predicted octanol–water partition coefficient (Wildman–Crippen LogP) is 5.15. The first-order valence-electron chi connectivity index (χ1n) is 15.2. The third kappa shape index (κ3) is 6.32. The van der Waals surface area contributed by atoms with Crippen LogP contribution in [0, 0.1) is 5.92 Å². The van der Waals surface area contributed by atoms with Gasteiger partial charge >= 0.3 is 0 Å². The standard InChI is InChI=1S/C35H35ClN6O4/c1-23(6-4-5-16-41-22-28(15-17-43)39-40-41)35(46)30-19-26(36)11-14-32(30)42(34(35)45)21-24-9-12-27(13-10-24)38-33(44)18-25-20-37-31-8-3-2-7-29(25)31/h2-4,6-14,19-20,22-23,37,43,46H,5,15-18,21H2,1H3,(H,38,44)/b6-4+/t23-,35+/m1/s1. The zero-order valence-corrected chi connectivity index (χ0v) is 26.1. The lowest BCUT2D eigenvalue weighted by molar-refractivity contribution is -0.139. The highest BCUT2D eigenvalue weighted by molar-refractivity contribution is 6.31. The lowest BCUT2D eigenvalue weighted by Crippen LogP contribution is -2.44. The summed E-state index contributed by atoms with van der Waals surface area (Å²) in [5.74, 6) is -1.10. The van der Waals surface area contributed by atoms with Gasteiger partial charge in [-0.05, 0) is 53.9 Å². The molecule has 0 fully saturated rings. The Kier molecular flexibility index (Phi) is 9.03. The van der Waals surface area contributed by atoms with E-state index in [2.05, 4.69) is 20.6 Å². The number of fused-ring (bicyclic) bond motifs is 2. The van der Waals surface area contributed by atoms with Crippen molar-refractivity contribution in [3.05, 3.63) is 119 Å². The van der Waals surface area contributed by atoms with Gasteiger partial charge < -0.3 is 25.4 Å². The number of para-hydroxylation sites is 1. The molecule has 4 N–H and O–H groups in total. The summed E-state index contributed by atoms with van der Waals surface area (Å²) >= 11 is 6.34. The van der Waals surface area contributed by atoms with Crippen LogP contribution < -0.4 is 10.2 Å². The largest absolute Gasteiger partial charge is 0.396 e. The molecule has 0 saturated heterocycles. The minimum Gasteiger partial charge on any atom is -0.396 e. The number of carbonyl (C=O) groups is 2. The van der Waals surface area contributed by atoms with Gasteiger partial charge in [0.2, 0.25) is 5.91 Å². The van der Waals surface area contributed by atoms with Crippen molar-refractivity contribution in [2.75, 3.05) is 16.8 Å². The zero-order valence-electron chi connectivity index (χ0n) is 25.4. The van der Waals surface area contributed by atoms with E-state index in [-0.39, 0.29) is 25.5 Å². The minimum absolute atomic E-state index is 0.0157. The number of anilines is 2. The number of aromatic amines is 1. The number of carbonyl (C=O) groups excluding carboxylic acids is 2. The Morgan fingerprint density at radius 2 is 1.96 bits per heavy atom. The molecule has 0 spiro atoms. The summed E-state index contributed by atoms with van der Waals surface area (Å²) in [6.07, 6.45) is 8.72. The number of aromatic nitrogens is 4. The maximum atomic E-state index is 13.9. The highest BCUT2D eigenvalue weighted by atomic mass is 35.5. The molecule has 5 aromatic rings. The number of amides is 2. The molecule has 2 atom stereocenters. The first-order chi connectivity index (χ1) is 22.3. The third-order valence-electron chi connectivity index (χ3n) is 8.40. The predicted molar refractivity (Wildman–Crippen MR) is 177 cm³/mol. The van der Waals surface area contributed by atoms with E-state index in [0.29, 0.717) is 41.3 Å². The number of aliphatic hydroxyl groups is 2. The molecule has 0 radical (unpaired) electrons.